The van der Waals surface area contributed by atoms with Crippen molar-refractivity contribution in [1.29, 1.82) is 0 Å². The van der Waals surface area contributed by atoms with Crippen molar-refractivity contribution in [2.75, 3.05) is 33.4 Å². The Bertz CT molecular complexity index is 776. The highest BCUT2D eigenvalue weighted by molar-refractivity contribution is 6.30. The SMILES string of the molecule is COc1ccc(Cl)cc1CC(=O)NCc1ccccc1CN1CCOCC1. The fourth-order valence-electron chi connectivity index (χ4n) is 3.20. The monoisotopic (exact) mass is 388 g/mol. The minimum atomic E-state index is -0.0586. The molecule has 2 aromatic carbocycles. The summed E-state index contributed by atoms with van der Waals surface area (Å²) in [5.74, 6) is 0.610. The molecule has 1 heterocycles. The van der Waals surface area contributed by atoms with Gasteiger partial charge in [0, 0.05) is 36.8 Å². The molecule has 1 N–H and O–H groups in total. The van der Waals surface area contributed by atoms with Gasteiger partial charge in [0.25, 0.3) is 0 Å². The lowest BCUT2D eigenvalue weighted by molar-refractivity contribution is -0.120. The number of benzene rings is 2. The van der Waals surface area contributed by atoms with E-state index in [0.717, 1.165) is 44.0 Å². The van der Waals surface area contributed by atoms with Crippen LogP contribution in [0.5, 0.6) is 5.75 Å². The van der Waals surface area contributed by atoms with Gasteiger partial charge in [-0.25, -0.2) is 0 Å². The summed E-state index contributed by atoms with van der Waals surface area (Å²) in [7, 11) is 1.59. The minimum absolute atomic E-state index is 0.0586. The van der Waals surface area contributed by atoms with Gasteiger partial charge < -0.3 is 14.8 Å². The summed E-state index contributed by atoms with van der Waals surface area (Å²) in [6.07, 6.45) is 0.232. The van der Waals surface area contributed by atoms with E-state index < -0.39 is 0 Å². The van der Waals surface area contributed by atoms with Crippen LogP contribution in [0.3, 0.4) is 0 Å². The number of nitrogens with one attached hydrogen (secondary N) is 1. The molecule has 2 aromatic rings. The fraction of sp³-hybridized carbons (Fsp3) is 0.381. The van der Waals surface area contributed by atoms with Gasteiger partial charge in [-0.1, -0.05) is 35.9 Å². The number of hydrogen-bond acceptors (Lipinski definition) is 4. The molecule has 5 nitrogen and oxygen atoms in total. The van der Waals surface area contributed by atoms with Crippen molar-refractivity contribution in [3.8, 4) is 5.75 Å². The van der Waals surface area contributed by atoms with Crippen LogP contribution in [0, 0.1) is 0 Å². The van der Waals surface area contributed by atoms with Gasteiger partial charge in [-0.05, 0) is 29.3 Å². The average molecular weight is 389 g/mol. The molecule has 0 atom stereocenters. The van der Waals surface area contributed by atoms with Crippen LogP contribution in [0.1, 0.15) is 16.7 Å². The first-order valence-corrected chi connectivity index (χ1v) is 9.49. The summed E-state index contributed by atoms with van der Waals surface area (Å²) in [4.78, 5) is 14.8. The number of morpholine rings is 1. The second-order valence-electron chi connectivity index (χ2n) is 6.57. The van der Waals surface area contributed by atoms with Gasteiger partial charge in [0.05, 0.1) is 26.7 Å². The van der Waals surface area contributed by atoms with E-state index in [1.54, 1.807) is 25.3 Å². The largest absolute Gasteiger partial charge is 0.496 e. The van der Waals surface area contributed by atoms with Crippen LogP contribution in [0.4, 0.5) is 0 Å². The number of nitrogens with zero attached hydrogens (tertiary/aromatic N) is 1. The molecule has 0 saturated carbocycles. The molecule has 1 saturated heterocycles. The van der Waals surface area contributed by atoms with Crippen molar-refractivity contribution in [1.82, 2.24) is 10.2 Å². The molecule has 144 valence electrons. The third kappa shape index (κ3) is 5.70. The van der Waals surface area contributed by atoms with Crippen molar-refractivity contribution >= 4 is 17.5 Å². The van der Waals surface area contributed by atoms with Crippen molar-refractivity contribution in [2.24, 2.45) is 0 Å². The van der Waals surface area contributed by atoms with Crippen LogP contribution in [-0.4, -0.2) is 44.2 Å². The van der Waals surface area contributed by atoms with E-state index in [9.17, 15) is 4.79 Å². The first-order valence-electron chi connectivity index (χ1n) is 9.11. The van der Waals surface area contributed by atoms with Gasteiger partial charge in [-0.3, -0.25) is 9.69 Å². The molecule has 0 aromatic heterocycles. The van der Waals surface area contributed by atoms with Crippen molar-refractivity contribution in [3.63, 3.8) is 0 Å². The zero-order valence-electron chi connectivity index (χ0n) is 15.5. The van der Waals surface area contributed by atoms with Gasteiger partial charge in [0.15, 0.2) is 0 Å². The molecule has 1 aliphatic heterocycles. The topological polar surface area (TPSA) is 50.8 Å². The van der Waals surface area contributed by atoms with Crippen LogP contribution in [-0.2, 0) is 29.0 Å². The molecular formula is C21H25ClN2O3. The molecule has 3 rings (SSSR count). The average Bonchev–Trinajstić information content (AvgIpc) is 2.68. The van der Waals surface area contributed by atoms with Crippen LogP contribution < -0.4 is 10.1 Å². The summed E-state index contributed by atoms with van der Waals surface area (Å²) < 4.78 is 10.7. The number of carbonyl (C=O) groups excluding carboxylic acids is 1. The predicted octanol–water partition coefficient (Wildman–Crippen LogP) is 3.04. The Labute approximate surface area is 165 Å². The normalized spacial score (nSPS) is 14.7. The predicted molar refractivity (Wildman–Crippen MR) is 106 cm³/mol. The molecule has 1 aliphatic rings. The number of carbonyl (C=O) groups is 1. The number of methoxy groups -OCH3 is 1. The highest BCUT2D eigenvalue weighted by Gasteiger charge is 2.14. The highest BCUT2D eigenvalue weighted by atomic mass is 35.5. The lowest BCUT2D eigenvalue weighted by atomic mass is 10.1. The Kier molecular flexibility index (Phi) is 7.10. The number of hydrogen-bond donors (Lipinski definition) is 1. The van der Waals surface area contributed by atoms with Gasteiger partial charge in [-0.2, -0.15) is 0 Å². The molecule has 27 heavy (non-hydrogen) atoms. The first kappa shape index (κ1) is 19.7. The molecule has 0 aliphatic carbocycles. The lowest BCUT2D eigenvalue weighted by Gasteiger charge is -2.27. The summed E-state index contributed by atoms with van der Waals surface area (Å²) >= 11 is 6.04. The van der Waals surface area contributed by atoms with E-state index in [2.05, 4.69) is 22.3 Å². The summed E-state index contributed by atoms with van der Waals surface area (Å²) in [6.45, 7) is 4.81. The van der Waals surface area contributed by atoms with Crippen molar-refractivity contribution < 1.29 is 14.3 Å². The molecule has 1 fully saturated rings. The molecule has 6 heteroatoms. The lowest BCUT2D eigenvalue weighted by Crippen LogP contribution is -2.36. The molecule has 0 unspecified atom stereocenters. The molecule has 0 bridgehead atoms. The van der Waals surface area contributed by atoms with E-state index in [0.29, 0.717) is 17.3 Å². The Morgan fingerprint density at radius 1 is 1.15 bits per heavy atom. The van der Waals surface area contributed by atoms with E-state index in [4.69, 9.17) is 21.1 Å². The molecule has 0 spiro atoms. The van der Waals surface area contributed by atoms with Crippen LogP contribution in [0.25, 0.3) is 0 Å². The van der Waals surface area contributed by atoms with E-state index in [1.165, 1.54) is 5.56 Å². The van der Waals surface area contributed by atoms with E-state index in [1.807, 2.05) is 12.1 Å². The third-order valence-corrected chi connectivity index (χ3v) is 4.92. The second kappa shape index (κ2) is 9.74. The first-order chi connectivity index (χ1) is 13.2. The maximum absolute atomic E-state index is 12.4. The van der Waals surface area contributed by atoms with Crippen molar-refractivity contribution in [2.45, 2.75) is 19.5 Å². The maximum atomic E-state index is 12.4. The number of halogens is 1. The van der Waals surface area contributed by atoms with Crippen LogP contribution in [0.15, 0.2) is 42.5 Å². The molecular weight excluding hydrogens is 364 g/mol. The van der Waals surface area contributed by atoms with Crippen LogP contribution in [0.2, 0.25) is 5.02 Å². The zero-order chi connectivity index (χ0) is 19.1. The molecule has 1 amide bonds. The van der Waals surface area contributed by atoms with E-state index in [-0.39, 0.29) is 12.3 Å². The summed E-state index contributed by atoms with van der Waals surface area (Å²) in [6, 6.07) is 13.5. The Balaban J connectivity index is 1.60. The second-order valence-corrected chi connectivity index (χ2v) is 7.00. The number of amides is 1. The van der Waals surface area contributed by atoms with Gasteiger partial charge >= 0.3 is 0 Å². The molecule has 0 radical (unpaired) electrons. The standard InChI is InChI=1S/C21H25ClN2O3/c1-26-20-7-6-19(22)12-18(20)13-21(25)23-14-16-4-2-3-5-17(16)15-24-8-10-27-11-9-24/h2-7,12H,8-11,13-15H2,1H3,(H,23,25). The zero-order valence-corrected chi connectivity index (χ0v) is 16.3. The van der Waals surface area contributed by atoms with Crippen molar-refractivity contribution in [3.05, 3.63) is 64.2 Å². The Morgan fingerprint density at radius 2 is 1.89 bits per heavy atom. The minimum Gasteiger partial charge on any atom is -0.496 e. The Hall–Kier alpha value is -2.08. The summed E-state index contributed by atoms with van der Waals surface area (Å²) in [5, 5.41) is 3.61. The third-order valence-electron chi connectivity index (χ3n) is 4.69. The maximum Gasteiger partial charge on any atom is 0.224 e. The van der Waals surface area contributed by atoms with Gasteiger partial charge in [-0.15, -0.1) is 0 Å². The van der Waals surface area contributed by atoms with Crippen LogP contribution >= 0.6 is 11.6 Å². The van der Waals surface area contributed by atoms with Gasteiger partial charge in [0.1, 0.15) is 5.75 Å². The quantitative estimate of drug-likeness (QED) is 0.792. The smallest absolute Gasteiger partial charge is 0.224 e. The number of rotatable bonds is 7. The fourth-order valence-corrected chi connectivity index (χ4v) is 3.39. The van der Waals surface area contributed by atoms with Gasteiger partial charge in [0.2, 0.25) is 5.91 Å². The number of ether oxygens (including phenoxy) is 2. The summed E-state index contributed by atoms with van der Waals surface area (Å²) in [5.41, 5.74) is 3.15. The highest BCUT2D eigenvalue weighted by Crippen LogP contribution is 2.23. The van der Waals surface area contributed by atoms with E-state index >= 15 is 0 Å². The Morgan fingerprint density at radius 3 is 2.63 bits per heavy atom.